The predicted octanol–water partition coefficient (Wildman–Crippen LogP) is 2.79. The molecular formula is C19H22N2O3. The first-order valence-electron chi connectivity index (χ1n) is 8.10. The molecule has 0 radical (unpaired) electrons. The molecule has 0 spiro atoms. The highest BCUT2D eigenvalue weighted by molar-refractivity contribution is 5.69. The van der Waals surface area contributed by atoms with E-state index >= 15 is 0 Å². The molecule has 0 saturated carbocycles. The Morgan fingerprint density at radius 1 is 1.29 bits per heavy atom. The molecule has 3 rings (SSSR count). The van der Waals surface area contributed by atoms with Crippen molar-refractivity contribution < 1.29 is 14.6 Å². The van der Waals surface area contributed by atoms with E-state index in [0.29, 0.717) is 6.54 Å². The van der Waals surface area contributed by atoms with E-state index in [1.165, 1.54) is 5.56 Å². The van der Waals surface area contributed by atoms with E-state index in [1.54, 1.807) is 4.90 Å². The number of benzene rings is 2. The minimum Gasteiger partial charge on any atom is -0.482 e. The molecule has 5 nitrogen and oxygen atoms in total. The van der Waals surface area contributed by atoms with Gasteiger partial charge in [0.05, 0.1) is 18.8 Å². The number of anilines is 1. The van der Waals surface area contributed by atoms with E-state index in [-0.39, 0.29) is 12.6 Å². The SMILES string of the molecule is CN(CCc1ccc2c(c1)NCC(c1ccccc1)O2)CC(=O)O. The number of aliphatic carboxylic acids is 1. The van der Waals surface area contributed by atoms with E-state index < -0.39 is 5.97 Å². The highest BCUT2D eigenvalue weighted by Crippen LogP contribution is 2.34. The minimum absolute atomic E-state index is 0.0197. The second-order valence-corrected chi connectivity index (χ2v) is 6.11. The number of nitrogens with zero attached hydrogens (tertiary/aromatic N) is 1. The first-order chi connectivity index (χ1) is 11.6. The van der Waals surface area contributed by atoms with Crippen LogP contribution in [0.5, 0.6) is 5.75 Å². The van der Waals surface area contributed by atoms with Gasteiger partial charge in [0, 0.05) is 6.54 Å². The maximum atomic E-state index is 10.7. The van der Waals surface area contributed by atoms with Gasteiger partial charge >= 0.3 is 5.97 Å². The topological polar surface area (TPSA) is 61.8 Å². The van der Waals surface area contributed by atoms with Crippen molar-refractivity contribution >= 4 is 11.7 Å². The van der Waals surface area contributed by atoms with Crippen LogP contribution in [0.25, 0.3) is 0 Å². The molecule has 0 aromatic heterocycles. The van der Waals surface area contributed by atoms with Crippen LogP contribution in [0.3, 0.4) is 0 Å². The molecule has 1 unspecified atom stereocenters. The third-order valence-electron chi connectivity index (χ3n) is 4.15. The molecule has 1 aliphatic heterocycles. The lowest BCUT2D eigenvalue weighted by Gasteiger charge is -2.28. The van der Waals surface area contributed by atoms with Crippen LogP contribution >= 0.6 is 0 Å². The lowest BCUT2D eigenvalue weighted by Crippen LogP contribution is -2.27. The van der Waals surface area contributed by atoms with Crippen molar-refractivity contribution in [3.8, 4) is 5.75 Å². The van der Waals surface area contributed by atoms with Crippen LogP contribution < -0.4 is 10.1 Å². The molecule has 0 aliphatic carbocycles. The van der Waals surface area contributed by atoms with Gasteiger partial charge in [-0.25, -0.2) is 0 Å². The van der Waals surface area contributed by atoms with Crippen molar-refractivity contribution in [2.75, 3.05) is 32.0 Å². The fraction of sp³-hybridized carbons (Fsp3) is 0.316. The molecule has 24 heavy (non-hydrogen) atoms. The fourth-order valence-electron chi connectivity index (χ4n) is 2.85. The summed E-state index contributed by atoms with van der Waals surface area (Å²) in [5, 5.41) is 12.2. The van der Waals surface area contributed by atoms with Gasteiger partial charge in [-0.1, -0.05) is 36.4 Å². The van der Waals surface area contributed by atoms with Gasteiger partial charge in [-0.3, -0.25) is 9.69 Å². The van der Waals surface area contributed by atoms with Crippen molar-refractivity contribution in [3.05, 3.63) is 59.7 Å². The van der Waals surface area contributed by atoms with Gasteiger partial charge < -0.3 is 15.2 Å². The average Bonchev–Trinajstić information content (AvgIpc) is 2.59. The maximum absolute atomic E-state index is 10.7. The van der Waals surface area contributed by atoms with E-state index in [9.17, 15) is 4.79 Å². The van der Waals surface area contributed by atoms with Gasteiger partial charge in [-0.15, -0.1) is 0 Å². The molecule has 2 aromatic rings. The molecule has 1 aliphatic rings. The highest BCUT2D eigenvalue weighted by atomic mass is 16.5. The molecule has 1 heterocycles. The second-order valence-electron chi connectivity index (χ2n) is 6.11. The summed E-state index contributed by atoms with van der Waals surface area (Å²) in [6, 6.07) is 16.3. The number of fused-ring (bicyclic) bond motifs is 1. The smallest absolute Gasteiger partial charge is 0.317 e. The Bertz CT molecular complexity index is 703. The van der Waals surface area contributed by atoms with E-state index in [2.05, 4.69) is 23.5 Å². The summed E-state index contributed by atoms with van der Waals surface area (Å²) in [7, 11) is 1.82. The first kappa shape index (κ1) is 16.3. The quantitative estimate of drug-likeness (QED) is 0.855. The molecule has 2 N–H and O–H groups in total. The number of carboxylic acid groups (broad SMARTS) is 1. The summed E-state index contributed by atoms with van der Waals surface area (Å²) in [5.41, 5.74) is 3.33. The zero-order valence-electron chi connectivity index (χ0n) is 13.7. The van der Waals surface area contributed by atoms with Gasteiger partial charge in [0.25, 0.3) is 0 Å². The molecule has 0 bridgehead atoms. The molecule has 0 fully saturated rings. The van der Waals surface area contributed by atoms with Crippen molar-refractivity contribution in [1.29, 1.82) is 0 Å². The first-order valence-corrected chi connectivity index (χ1v) is 8.10. The normalized spacial score (nSPS) is 16.2. The number of likely N-dealkylation sites (N-methyl/N-ethyl adjacent to an activating group) is 1. The van der Waals surface area contributed by atoms with E-state index in [0.717, 1.165) is 30.0 Å². The molecule has 5 heteroatoms. The van der Waals surface area contributed by atoms with Crippen LogP contribution in [0.2, 0.25) is 0 Å². The van der Waals surface area contributed by atoms with Gasteiger partial charge in [0.1, 0.15) is 11.9 Å². The standard InChI is InChI=1S/C19H22N2O3/c1-21(13-19(22)23)10-9-14-7-8-17-16(11-14)20-12-18(24-17)15-5-3-2-4-6-15/h2-8,11,18,20H,9-10,12-13H2,1H3,(H,22,23). The third-order valence-corrected chi connectivity index (χ3v) is 4.15. The summed E-state index contributed by atoms with van der Waals surface area (Å²) in [4.78, 5) is 12.5. The van der Waals surface area contributed by atoms with Crippen LogP contribution in [-0.2, 0) is 11.2 Å². The van der Waals surface area contributed by atoms with Crippen molar-refractivity contribution in [3.63, 3.8) is 0 Å². The van der Waals surface area contributed by atoms with E-state index in [4.69, 9.17) is 9.84 Å². The highest BCUT2D eigenvalue weighted by Gasteiger charge is 2.20. The Hall–Kier alpha value is -2.53. The van der Waals surface area contributed by atoms with E-state index in [1.807, 2.05) is 37.4 Å². The fourth-order valence-corrected chi connectivity index (χ4v) is 2.85. The number of hydrogen-bond acceptors (Lipinski definition) is 4. The van der Waals surface area contributed by atoms with Crippen LogP contribution in [-0.4, -0.2) is 42.7 Å². The van der Waals surface area contributed by atoms with Crippen LogP contribution in [0.4, 0.5) is 5.69 Å². The zero-order valence-corrected chi connectivity index (χ0v) is 13.7. The summed E-state index contributed by atoms with van der Waals surface area (Å²) in [5.74, 6) is 0.0581. The van der Waals surface area contributed by atoms with Gasteiger partial charge in [-0.05, 0) is 36.7 Å². The van der Waals surface area contributed by atoms with Crippen molar-refractivity contribution in [1.82, 2.24) is 4.90 Å². The number of ether oxygens (including phenoxy) is 1. The maximum Gasteiger partial charge on any atom is 0.317 e. The molecule has 2 aromatic carbocycles. The van der Waals surface area contributed by atoms with Crippen LogP contribution in [0.1, 0.15) is 17.2 Å². The zero-order chi connectivity index (χ0) is 16.9. The lowest BCUT2D eigenvalue weighted by atomic mass is 10.1. The Labute approximate surface area is 141 Å². The minimum atomic E-state index is -0.801. The molecule has 0 amide bonds. The molecule has 0 saturated heterocycles. The predicted molar refractivity (Wildman–Crippen MR) is 93.6 cm³/mol. The number of carboxylic acids is 1. The Morgan fingerprint density at radius 2 is 2.08 bits per heavy atom. The summed E-state index contributed by atoms with van der Waals surface area (Å²) in [6.45, 7) is 1.50. The summed E-state index contributed by atoms with van der Waals surface area (Å²) >= 11 is 0. The van der Waals surface area contributed by atoms with Crippen molar-refractivity contribution in [2.45, 2.75) is 12.5 Å². The van der Waals surface area contributed by atoms with Crippen molar-refractivity contribution in [2.24, 2.45) is 0 Å². The number of nitrogens with one attached hydrogen (secondary N) is 1. The average molecular weight is 326 g/mol. The van der Waals surface area contributed by atoms with Gasteiger partial charge in [-0.2, -0.15) is 0 Å². The molecule has 1 atom stereocenters. The van der Waals surface area contributed by atoms with Crippen LogP contribution in [0.15, 0.2) is 48.5 Å². The summed E-state index contributed by atoms with van der Waals surface area (Å²) < 4.78 is 6.10. The van der Waals surface area contributed by atoms with Crippen LogP contribution in [0, 0.1) is 0 Å². The molecular weight excluding hydrogens is 304 g/mol. The monoisotopic (exact) mass is 326 g/mol. The number of rotatable bonds is 6. The Morgan fingerprint density at radius 3 is 2.83 bits per heavy atom. The number of hydrogen-bond donors (Lipinski definition) is 2. The largest absolute Gasteiger partial charge is 0.482 e. The Kier molecular flexibility index (Phi) is 5.01. The van der Waals surface area contributed by atoms with Gasteiger partial charge in [0.15, 0.2) is 0 Å². The second kappa shape index (κ2) is 7.36. The molecule has 126 valence electrons. The third kappa shape index (κ3) is 4.06. The Balaban J connectivity index is 1.62. The number of carbonyl (C=O) groups is 1. The lowest BCUT2D eigenvalue weighted by molar-refractivity contribution is -0.137. The summed E-state index contributed by atoms with van der Waals surface area (Å²) in [6.07, 6.45) is 0.826. The van der Waals surface area contributed by atoms with Gasteiger partial charge in [0.2, 0.25) is 0 Å².